The molecule has 0 amide bonds. The molecule has 4 nitrogen and oxygen atoms in total. The van der Waals surface area contributed by atoms with E-state index in [1.807, 2.05) is 19.1 Å². The van der Waals surface area contributed by atoms with Crippen molar-refractivity contribution in [1.82, 2.24) is 4.57 Å². The van der Waals surface area contributed by atoms with E-state index in [0.29, 0.717) is 11.6 Å². The minimum absolute atomic E-state index is 0.321. The molecule has 0 saturated heterocycles. The summed E-state index contributed by atoms with van der Waals surface area (Å²) in [6.45, 7) is 6.03. The number of methoxy groups -OCH3 is 1. The fourth-order valence-corrected chi connectivity index (χ4v) is 2.73. The van der Waals surface area contributed by atoms with E-state index in [1.54, 1.807) is 18.7 Å². The number of aromatic nitrogens is 1. The van der Waals surface area contributed by atoms with Crippen molar-refractivity contribution in [2.75, 3.05) is 7.11 Å². The highest BCUT2D eigenvalue weighted by molar-refractivity contribution is 6.01. The van der Waals surface area contributed by atoms with Crippen LogP contribution in [0.15, 0.2) is 12.1 Å². The number of fused-ring (bicyclic) bond motifs is 1. The maximum Gasteiger partial charge on any atom is 0.352 e. The van der Waals surface area contributed by atoms with Crippen LogP contribution in [0.3, 0.4) is 0 Å². The van der Waals surface area contributed by atoms with E-state index in [-0.39, 0.29) is 0 Å². The molecule has 2 rings (SSSR count). The monoisotopic (exact) mass is 261 g/mol. The second kappa shape index (κ2) is 4.61. The highest BCUT2D eigenvalue weighted by Gasteiger charge is 2.23. The van der Waals surface area contributed by atoms with Gasteiger partial charge in [-0.2, -0.15) is 0 Å². The second-order valence-electron chi connectivity index (χ2n) is 5.07. The zero-order valence-corrected chi connectivity index (χ0v) is 11.9. The van der Waals surface area contributed by atoms with Gasteiger partial charge in [0.1, 0.15) is 11.4 Å². The van der Waals surface area contributed by atoms with Crippen LogP contribution in [0.2, 0.25) is 0 Å². The van der Waals surface area contributed by atoms with E-state index < -0.39 is 5.97 Å². The van der Waals surface area contributed by atoms with Gasteiger partial charge in [-0.15, -0.1) is 0 Å². The smallest absolute Gasteiger partial charge is 0.352 e. The number of carboxylic acids is 1. The number of rotatable bonds is 3. The van der Waals surface area contributed by atoms with Crippen molar-refractivity contribution in [3.05, 3.63) is 29.0 Å². The maximum atomic E-state index is 11.4. The first kappa shape index (κ1) is 13.5. The molecule has 1 aromatic heterocycles. The van der Waals surface area contributed by atoms with Crippen molar-refractivity contribution in [2.45, 2.75) is 26.7 Å². The summed E-state index contributed by atoms with van der Waals surface area (Å²) in [6.07, 6.45) is 0. The Labute approximate surface area is 112 Å². The van der Waals surface area contributed by atoms with Gasteiger partial charge in [-0.3, -0.25) is 0 Å². The molecule has 0 unspecified atom stereocenters. The molecule has 1 heterocycles. The molecule has 0 radical (unpaired) electrons. The van der Waals surface area contributed by atoms with Gasteiger partial charge in [0.2, 0.25) is 0 Å². The third-order valence-corrected chi connectivity index (χ3v) is 3.62. The van der Waals surface area contributed by atoms with Gasteiger partial charge in [-0.25, -0.2) is 4.79 Å². The zero-order valence-electron chi connectivity index (χ0n) is 11.9. The van der Waals surface area contributed by atoms with E-state index in [1.165, 1.54) is 0 Å². The minimum Gasteiger partial charge on any atom is -0.496 e. The Morgan fingerprint density at radius 2 is 2.00 bits per heavy atom. The van der Waals surface area contributed by atoms with Crippen LogP contribution in [-0.2, 0) is 7.05 Å². The van der Waals surface area contributed by atoms with Crippen LogP contribution in [0.5, 0.6) is 5.75 Å². The molecule has 0 aliphatic rings. The van der Waals surface area contributed by atoms with Gasteiger partial charge < -0.3 is 14.4 Å². The number of hydrogen-bond donors (Lipinski definition) is 1. The quantitative estimate of drug-likeness (QED) is 0.922. The molecule has 0 saturated carbocycles. The molecule has 0 fully saturated rings. The Morgan fingerprint density at radius 1 is 1.37 bits per heavy atom. The van der Waals surface area contributed by atoms with Crippen LogP contribution in [0.1, 0.15) is 41.4 Å². The number of carbonyl (C=O) groups is 1. The lowest BCUT2D eigenvalue weighted by atomic mass is 9.99. The molecular formula is C15H19NO3. The lowest BCUT2D eigenvalue weighted by Gasteiger charge is -2.12. The molecular weight excluding hydrogens is 242 g/mol. The van der Waals surface area contributed by atoms with Crippen molar-refractivity contribution in [3.8, 4) is 5.75 Å². The number of nitrogens with zero attached hydrogens (tertiary/aromatic N) is 1. The van der Waals surface area contributed by atoms with Crippen LogP contribution >= 0.6 is 0 Å². The van der Waals surface area contributed by atoms with Gasteiger partial charge in [0.05, 0.1) is 12.6 Å². The Bertz CT molecular complexity index is 653. The summed E-state index contributed by atoms with van der Waals surface area (Å²) < 4.78 is 7.14. The lowest BCUT2D eigenvalue weighted by Crippen LogP contribution is -2.06. The van der Waals surface area contributed by atoms with Crippen LogP contribution < -0.4 is 4.74 Å². The summed E-state index contributed by atoms with van der Waals surface area (Å²) in [4.78, 5) is 11.4. The number of carboxylic acid groups (broad SMARTS) is 1. The SMILES string of the molecule is COc1ccc(C(C)C)c2c1c(C)c(C(=O)O)n2C. The number of benzene rings is 1. The van der Waals surface area contributed by atoms with E-state index >= 15 is 0 Å². The van der Waals surface area contributed by atoms with Crippen molar-refractivity contribution < 1.29 is 14.6 Å². The molecule has 2 aromatic rings. The van der Waals surface area contributed by atoms with Crippen molar-refractivity contribution >= 4 is 16.9 Å². The topological polar surface area (TPSA) is 51.5 Å². The third kappa shape index (κ3) is 1.87. The molecule has 102 valence electrons. The van der Waals surface area contributed by atoms with Gasteiger partial charge in [0, 0.05) is 12.4 Å². The van der Waals surface area contributed by atoms with Crippen molar-refractivity contribution in [2.24, 2.45) is 7.05 Å². The van der Waals surface area contributed by atoms with Crippen molar-refractivity contribution in [1.29, 1.82) is 0 Å². The fourth-order valence-electron chi connectivity index (χ4n) is 2.73. The summed E-state index contributed by atoms with van der Waals surface area (Å²) in [5.41, 5.74) is 3.16. The Morgan fingerprint density at radius 3 is 2.47 bits per heavy atom. The van der Waals surface area contributed by atoms with Gasteiger partial charge >= 0.3 is 5.97 Å². The number of ether oxygens (including phenoxy) is 1. The first-order valence-electron chi connectivity index (χ1n) is 6.29. The largest absolute Gasteiger partial charge is 0.496 e. The van der Waals surface area contributed by atoms with Crippen molar-refractivity contribution in [3.63, 3.8) is 0 Å². The molecule has 0 aliphatic carbocycles. The van der Waals surface area contributed by atoms with Crippen LogP contribution in [0.4, 0.5) is 0 Å². The zero-order chi connectivity index (χ0) is 14.3. The Kier molecular flexibility index (Phi) is 3.27. The standard InChI is InChI=1S/C15H19NO3/c1-8(2)10-6-7-11(19-5)12-9(3)13(15(17)18)16(4)14(10)12/h6-8H,1-5H3,(H,17,18). The predicted molar refractivity (Wildman–Crippen MR) is 75.3 cm³/mol. The highest BCUT2D eigenvalue weighted by atomic mass is 16.5. The summed E-state index contributed by atoms with van der Waals surface area (Å²) >= 11 is 0. The lowest BCUT2D eigenvalue weighted by molar-refractivity contribution is 0.0686. The molecule has 0 spiro atoms. The first-order valence-corrected chi connectivity index (χ1v) is 6.29. The first-order chi connectivity index (χ1) is 8.90. The van der Waals surface area contributed by atoms with E-state index in [2.05, 4.69) is 13.8 Å². The van der Waals surface area contributed by atoms with E-state index in [0.717, 1.165) is 27.8 Å². The maximum absolute atomic E-state index is 11.4. The molecule has 19 heavy (non-hydrogen) atoms. The normalized spacial score (nSPS) is 11.3. The van der Waals surface area contributed by atoms with Gasteiger partial charge in [0.15, 0.2) is 0 Å². The summed E-state index contributed by atoms with van der Waals surface area (Å²) in [5, 5.41) is 10.3. The van der Waals surface area contributed by atoms with Gasteiger partial charge in [0.25, 0.3) is 0 Å². The Balaban J connectivity index is 3.00. The molecule has 1 N–H and O–H groups in total. The molecule has 1 aromatic carbocycles. The van der Waals surface area contributed by atoms with Crippen LogP contribution in [-0.4, -0.2) is 22.8 Å². The summed E-state index contributed by atoms with van der Waals surface area (Å²) in [5.74, 6) is 0.135. The number of hydrogen-bond acceptors (Lipinski definition) is 2. The second-order valence-corrected chi connectivity index (χ2v) is 5.07. The van der Waals surface area contributed by atoms with E-state index in [9.17, 15) is 9.90 Å². The summed E-state index contributed by atoms with van der Waals surface area (Å²) in [7, 11) is 3.40. The summed E-state index contributed by atoms with van der Waals surface area (Å²) in [6, 6.07) is 3.92. The Hall–Kier alpha value is -1.97. The average Bonchev–Trinajstić information content (AvgIpc) is 2.61. The highest BCUT2D eigenvalue weighted by Crippen LogP contribution is 2.37. The number of aromatic carboxylic acids is 1. The predicted octanol–water partition coefficient (Wildman–Crippen LogP) is 3.32. The van der Waals surface area contributed by atoms with Crippen LogP contribution in [0, 0.1) is 6.92 Å². The molecule has 0 aliphatic heterocycles. The van der Waals surface area contributed by atoms with E-state index in [4.69, 9.17) is 4.74 Å². The van der Waals surface area contributed by atoms with Crippen LogP contribution in [0.25, 0.3) is 10.9 Å². The third-order valence-electron chi connectivity index (χ3n) is 3.62. The molecule has 0 atom stereocenters. The van der Waals surface area contributed by atoms with Gasteiger partial charge in [-0.1, -0.05) is 19.9 Å². The average molecular weight is 261 g/mol. The van der Waals surface area contributed by atoms with Gasteiger partial charge in [-0.05, 0) is 30.0 Å². The fraction of sp³-hybridized carbons (Fsp3) is 0.400. The molecule has 0 bridgehead atoms. The minimum atomic E-state index is -0.909. The number of aryl methyl sites for hydroxylation is 2. The molecule has 4 heteroatoms.